The van der Waals surface area contributed by atoms with Gasteiger partial charge in [0.25, 0.3) is 6.02 Å². The number of nitrogens with one attached hydrogen (secondary N) is 1. The third-order valence-electron chi connectivity index (χ3n) is 4.77. The largest absolute Gasteiger partial charge is 0.458 e. The summed E-state index contributed by atoms with van der Waals surface area (Å²) in [5.41, 5.74) is 4.75. The van der Waals surface area contributed by atoms with Crippen molar-refractivity contribution in [3.8, 4) is 0 Å². The third-order valence-corrected chi connectivity index (χ3v) is 4.77. The number of carbonyl (C=O) groups is 1. The van der Waals surface area contributed by atoms with Crippen LogP contribution in [0.5, 0.6) is 0 Å². The molecule has 1 spiro atoms. The molecule has 6 nitrogen and oxygen atoms in total. The Balaban J connectivity index is 1.93. The van der Waals surface area contributed by atoms with E-state index in [1.165, 1.54) is 12.1 Å². The van der Waals surface area contributed by atoms with Crippen LogP contribution in [0.1, 0.15) is 58.9 Å². The van der Waals surface area contributed by atoms with Gasteiger partial charge in [-0.1, -0.05) is 0 Å². The molecule has 7 heteroatoms. The molecular weight excluding hydrogens is 337 g/mol. The van der Waals surface area contributed by atoms with E-state index in [4.69, 9.17) is 15.2 Å². The van der Waals surface area contributed by atoms with Crippen molar-refractivity contribution in [3.05, 3.63) is 29.6 Å². The van der Waals surface area contributed by atoms with E-state index in [0.717, 1.165) is 19.3 Å². The molecule has 2 aliphatic rings. The van der Waals surface area contributed by atoms with Crippen LogP contribution in [0.4, 0.5) is 14.9 Å². The molecule has 1 aromatic rings. The topological polar surface area (TPSA) is 85.9 Å². The molecule has 1 atom stereocenters. The minimum atomic E-state index is -0.886. The molecule has 0 aromatic heterocycles. The second-order valence-corrected chi connectivity index (χ2v) is 8.37. The first kappa shape index (κ1) is 18.5. The molecule has 1 saturated carbocycles. The minimum absolute atomic E-state index is 0.0644. The Hall–Kier alpha value is -2.31. The molecule has 0 radical (unpaired) electrons. The SMILES string of the molecule is CC(C)(C)OC(=O)NC1=NC(C)(c2cc(N)ccc2F)CC2(CCC2)O1. The maximum atomic E-state index is 14.5. The van der Waals surface area contributed by atoms with Gasteiger partial charge in [-0.3, -0.25) is 0 Å². The summed E-state index contributed by atoms with van der Waals surface area (Å²) in [4.78, 5) is 16.6. The van der Waals surface area contributed by atoms with Gasteiger partial charge in [0.05, 0.1) is 5.54 Å². The van der Waals surface area contributed by atoms with Crippen LogP contribution in [0.25, 0.3) is 0 Å². The van der Waals surface area contributed by atoms with E-state index in [-0.39, 0.29) is 11.8 Å². The van der Waals surface area contributed by atoms with Crippen molar-refractivity contribution in [2.24, 2.45) is 4.99 Å². The quantitative estimate of drug-likeness (QED) is 0.742. The second-order valence-electron chi connectivity index (χ2n) is 8.37. The number of hydrogen-bond donors (Lipinski definition) is 2. The molecule has 142 valence electrons. The number of benzene rings is 1. The number of halogens is 1. The van der Waals surface area contributed by atoms with Crippen LogP contribution in [0, 0.1) is 5.82 Å². The predicted octanol–water partition coefficient (Wildman–Crippen LogP) is 3.85. The van der Waals surface area contributed by atoms with Crippen molar-refractivity contribution in [2.75, 3.05) is 5.73 Å². The maximum Gasteiger partial charge on any atom is 0.415 e. The summed E-state index contributed by atoms with van der Waals surface area (Å²) < 4.78 is 25.7. The fraction of sp³-hybridized carbons (Fsp3) is 0.579. The van der Waals surface area contributed by atoms with Crippen LogP contribution >= 0.6 is 0 Å². The van der Waals surface area contributed by atoms with Crippen molar-refractivity contribution in [3.63, 3.8) is 0 Å². The number of amides is 1. The van der Waals surface area contributed by atoms with Gasteiger partial charge in [0.2, 0.25) is 0 Å². The monoisotopic (exact) mass is 363 g/mol. The van der Waals surface area contributed by atoms with Gasteiger partial charge in [-0.25, -0.2) is 19.5 Å². The molecule has 0 saturated heterocycles. The summed E-state index contributed by atoms with van der Waals surface area (Å²) in [6, 6.07) is 4.52. The Bertz CT molecular complexity index is 753. The number of carbonyl (C=O) groups excluding carboxylic acids is 1. The van der Waals surface area contributed by atoms with E-state index in [2.05, 4.69) is 10.3 Å². The van der Waals surface area contributed by atoms with Gasteiger partial charge >= 0.3 is 6.09 Å². The molecule has 3 rings (SSSR count). The first-order chi connectivity index (χ1) is 12.0. The molecule has 1 aliphatic carbocycles. The van der Waals surface area contributed by atoms with Crippen LogP contribution in [0.15, 0.2) is 23.2 Å². The standard InChI is InChI=1S/C19H26FN3O3/c1-17(2,3)26-16(24)22-15-23-18(4,11-19(25-15)8-5-9-19)13-10-12(21)6-7-14(13)20/h6-7,10H,5,8-9,11,21H2,1-4H3,(H,22,23,24). The lowest BCUT2D eigenvalue weighted by Gasteiger charge is -2.49. The Labute approximate surface area is 153 Å². The number of hydrogen-bond acceptors (Lipinski definition) is 5. The number of alkyl carbamates (subject to hydrolysis) is 1. The van der Waals surface area contributed by atoms with Gasteiger partial charge in [-0.2, -0.15) is 0 Å². The summed E-state index contributed by atoms with van der Waals surface area (Å²) in [5, 5.41) is 2.57. The van der Waals surface area contributed by atoms with E-state index in [9.17, 15) is 9.18 Å². The summed E-state index contributed by atoms with van der Waals surface area (Å²) >= 11 is 0. The van der Waals surface area contributed by atoms with Crippen molar-refractivity contribution in [1.82, 2.24) is 5.32 Å². The van der Waals surface area contributed by atoms with Crippen LogP contribution in [-0.4, -0.2) is 23.3 Å². The predicted molar refractivity (Wildman–Crippen MR) is 97.3 cm³/mol. The van der Waals surface area contributed by atoms with Crippen LogP contribution in [-0.2, 0) is 15.0 Å². The molecule has 1 aromatic carbocycles. The Morgan fingerprint density at radius 2 is 2.08 bits per heavy atom. The van der Waals surface area contributed by atoms with Crippen LogP contribution in [0.3, 0.4) is 0 Å². The van der Waals surface area contributed by atoms with Crippen molar-refractivity contribution >= 4 is 17.8 Å². The summed E-state index contributed by atoms with van der Waals surface area (Å²) in [5.74, 6) is -0.376. The van der Waals surface area contributed by atoms with Crippen LogP contribution in [0.2, 0.25) is 0 Å². The normalized spacial score (nSPS) is 24.3. The van der Waals surface area contributed by atoms with E-state index in [0.29, 0.717) is 17.7 Å². The first-order valence-corrected chi connectivity index (χ1v) is 8.85. The smallest absolute Gasteiger partial charge is 0.415 e. The van der Waals surface area contributed by atoms with Crippen LogP contribution < -0.4 is 11.1 Å². The molecular formula is C19H26FN3O3. The third kappa shape index (κ3) is 3.76. The van der Waals surface area contributed by atoms with Gasteiger partial charge in [-0.05, 0) is 65.2 Å². The molecule has 1 unspecified atom stereocenters. The lowest BCUT2D eigenvalue weighted by atomic mass is 9.69. The van der Waals surface area contributed by atoms with Crippen molar-refractivity contribution in [1.29, 1.82) is 0 Å². The van der Waals surface area contributed by atoms with Gasteiger partial charge in [0, 0.05) is 17.7 Å². The lowest BCUT2D eigenvalue weighted by molar-refractivity contribution is -0.0611. The Morgan fingerprint density at radius 1 is 1.38 bits per heavy atom. The maximum absolute atomic E-state index is 14.5. The summed E-state index contributed by atoms with van der Waals surface area (Å²) in [6.07, 6.45) is 2.57. The lowest BCUT2D eigenvalue weighted by Crippen LogP contribution is -2.54. The molecule has 26 heavy (non-hydrogen) atoms. The zero-order valence-corrected chi connectivity index (χ0v) is 15.7. The summed E-state index contributed by atoms with van der Waals surface area (Å²) in [6.45, 7) is 7.16. The molecule has 3 N–H and O–H groups in total. The number of aliphatic imine (C=N–C) groups is 1. The Morgan fingerprint density at radius 3 is 2.65 bits per heavy atom. The highest BCUT2D eigenvalue weighted by Crippen LogP contribution is 2.49. The number of amidine groups is 1. The molecule has 1 fully saturated rings. The van der Waals surface area contributed by atoms with E-state index in [1.807, 2.05) is 6.92 Å². The van der Waals surface area contributed by atoms with Gasteiger partial charge in [0.15, 0.2) is 0 Å². The molecule has 1 amide bonds. The molecule has 0 bridgehead atoms. The van der Waals surface area contributed by atoms with E-state index < -0.39 is 22.8 Å². The number of nitrogens with two attached hydrogens (primary N) is 1. The number of anilines is 1. The minimum Gasteiger partial charge on any atom is -0.458 e. The highest BCUT2D eigenvalue weighted by molar-refractivity contribution is 5.91. The fourth-order valence-electron chi connectivity index (χ4n) is 3.56. The number of nitrogen functional groups attached to an aromatic ring is 1. The zero-order chi connectivity index (χ0) is 19.2. The number of nitrogens with zero attached hydrogens (tertiary/aromatic N) is 1. The fourth-order valence-corrected chi connectivity index (χ4v) is 3.56. The van der Waals surface area contributed by atoms with Gasteiger partial charge in [0.1, 0.15) is 17.0 Å². The number of ether oxygens (including phenoxy) is 2. The molecule has 1 heterocycles. The zero-order valence-electron chi connectivity index (χ0n) is 15.7. The average Bonchev–Trinajstić information content (AvgIpc) is 2.45. The number of rotatable bonds is 1. The first-order valence-electron chi connectivity index (χ1n) is 8.85. The van der Waals surface area contributed by atoms with E-state index >= 15 is 0 Å². The highest BCUT2D eigenvalue weighted by Gasteiger charge is 2.51. The van der Waals surface area contributed by atoms with Crippen molar-refractivity contribution in [2.45, 2.75) is 70.1 Å². The van der Waals surface area contributed by atoms with E-state index in [1.54, 1.807) is 26.8 Å². The Kier molecular flexibility index (Phi) is 4.37. The van der Waals surface area contributed by atoms with Crippen molar-refractivity contribution < 1.29 is 18.7 Å². The molecule has 1 aliphatic heterocycles. The average molecular weight is 363 g/mol. The summed E-state index contributed by atoms with van der Waals surface area (Å²) in [7, 11) is 0. The second kappa shape index (κ2) is 6.14. The van der Waals surface area contributed by atoms with Gasteiger partial charge < -0.3 is 15.2 Å². The van der Waals surface area contributed by atoms with Gasteiger partial charge in [-0.15, -0.1) is 0 Å². The highest BCUT2D eigenvalue weighted by atomic mass is 19.1.